The van der Waals surface area contributed by atoms with E-state index in [1.807, 2.05) is 0 Å². The van der Waals surface area contributed by atoms with Crippen molar-refractivity contribution in [1.29, 1.82) is 0 Å². The molecule has 8 heteroatoms. The minimum atomic E-state index is -0.339. The quantitative estimate of drug-likeness (QED) is 0.810. The van der Waals surface area contributed by atoms with Crippen LogP contribution < -0.4 is 5.32 Å². The summed E-state index contributed by atoms with van der Waals surface area (Å²) in [4.78, 5) is 23.0. The first-order valence-corrected chi connectivity index (χ1v) is 6.88. The highest BCUT2D eigenvalue weighted by Gasteiger charge is 2.27. The Hall–Kier alpha value is -1.96. The summed E-state index contributed by atoms with van der Waals surface area (Å²) in [6.45, 7) is 1.56. The van der Waals surface area contributed by atoms with E-state index in [2.05, 4.69) is 15.5 Å². The average molecular weight is 297 g/mol. The highest BCUT2D eigenvalue weighted by atomic mass is 16.5. The van der Waals surface area contributed by atoms with Gasteiger partial charge < -0.3 is 13.9 Å². The zero-order valence-electron chi connectivity index (χ0n) is 12.1. The van der Waals surface area contributed by atoms with Gasteiger partial charge in [-0.1, -0.05) is 5.10 Å². The molecule has 1 aromatic heterocycles. The minimum Gasteiger partial charge on any atom is -0.469 e. The van der Waals surface area contributed by atoms with Gasteiger partial charge in [0.15, 0.2) is 0 Å². The van der Waals surface area contributed by atoms with Crippen molar-refractivity contribution in [2.45, 2.75) is 38.7 Å². The van der Waals surface area contributed by atoms with E-state index in [9.17, 15) is 9.59 Å². The van der Waals surface area contributed by atoms with Crippen molar-refractivity contribution in [3.8, 4) is 0 Å². The molecule has 0 aromatic carbocycles. The number of hydrogen-bond donors (Lipinski definition) is 1. The molecular formula is C13H19N3O5. The first-order valence-electron chi connectivity index (χ1n) is 6.88. The molecule has 1 aliphatic rings. The van der Waals surface area contributed by atoms with Crippen LogP contribution in [-0.4, -0.2) is 41.9 Å². The number of carbonyl (C=O) groups excluding carboxylic acids is 2. The van der Waals surface area contributed by atoms with Crippen LogP contribution in [0.4, 0.5) is 6.01 Å². The predicted molar refractivity (Wildman–Crippen MR) is 71.4 cm³/mol. The molecule has 2 rings (SSSR count). The lowest BCUT2D eigenvalue weighted by molar-refractivity contribution is -0.148. The van der Waals surface area contributed by atoms with Crippen molar-refractivity contribution < 1.29 is 23.5 Å². The summed E-state index contributed by atoms with van der Waals surface area (Å²) in [6.07, 6.45) is 2.92. The van der Waals surface area contributed by atoms with E-state index in [4.69, 9.17) is 13.9 Å². The second-order valence-corrected chi connectivity index (χ2v) is 4.98. The van der Waals surface area contributed by atoms with Gasteiger partial charge in [0.05, 0.1) is 19.1 Å². The number of nitrogens with zero attached hydrogens (tertiary/aromatic N) is 2. The number of esters is 1. The molecule has 1 aliphatic carbocycles. The molecule has 1 heterocycles. The first-order chi connectivity index (χ1) is 10.1. The van der Waals surface area contributed by atoms with Gasteiger partial charge in [0.1, 0.15) is 6.61 Å². The van der Waals surface area contributed by atoms with Crippen LogP contribution >= 0.6 is 0 Å². The number of nitrogens with one attached hydrogen (secondary N) is 1. The molecule has 21 heavy (non-hydrogen) atoms. The molecule has 0 atom stereocenters. The van der Waals surface area contributed by atoms with Gasteiger partial charge in [0, 0.05) is 6.92 Å². The second kappa shape index (κ2) is 7.16. The van der Waals surface area contributed by atoms with E-state index >= 15 is 0 Å². The van der Waals surface area contributed by atoms with Crippen molar-refractivity contribution in [1.82, 2.24) is 10.2 Å². The maximum absolute atomic E-state index is 11.6. The predicted octanol–water partition coefficient (Wildman–Crippen LogP) is 1.06. The van der Waals surface area contributed by atoms with Crippen molar-refractivity contribution in [3.05, 3.63) is 5.89 Å². The Morgan fingerprint density at radius 3 is 2.57 bits per heavy atom. The summed E-state index contributed by atoms with van der Waals surface area (Å²) in [5, 5.41) is 9.73. The number of methoxy groups -OCH3 is 1. The minimum absolute atomic E-state index is 0.0129. The summed E-state index contributed by atoms with van der Waals surface area (Å²) in [5.74, 6) is -0.177. The van der Waals surface area contributed by atoms with Gasteiger partial charge in [0.2, 0.25) is 5.89 Å². The molecule has 0 saturated heterocycles. The zero-order valence-corrected chi connectivity index (χ0v) is 12.1. The van der Waals surface area contributed by atoms with E-state index in [0.717, 1.165) is 25.7 Å². The monoisotopic (exact) mass is 297 g/mol. The molecule has 0 spiro atoms. The van der Waals surface area contributed by atoms with Crippen LogP contribution in [0.15, 0.2) is 4.42 Å². The van der Waals surface area contributed by atoms with Crippen LogP contribution in [0.25, 0.3) is 0 Å². The summed E-state index contributed by atoms with van der Waals surface area (Å²) < 4.78 is 15.3. The molecule has 0 bridgehead atoms. The van der Waals surface area contributed by atoms with E-state index < -0.39 is 0 Å². The van der Waals surface area contributed by atoms with Crippen molar-refractivity contribution >= 4 is 17.9 Å². The lowest BCUT2D eigenvalue weighted by Crippen LogP contribution is -2.29. The molecule has 0 aliphatic heterocycles. The Morgan fingerprint density at radius 2 is 2.00 bits per heavy atom. The van der Waals surface area contributed by atoms with E-state index in [0.29, 0.717) is 5.89 Å². The van der Waals surface area contributed by atoms with Crippen LogP contribution in [0.2, 0.25) is 0 Å². The third-order valence-electron chi connectivity index (χ3n) is 3.43. The van der Waals surface area contributed by atoms with Crippen LogP contribution in [0.3, 0.4) is 0 Å². The Bertz CT molecular complexity index is 494. The fourth-order valence-corrected chi connectivity index (χ4v) is 2.33. The van der Waals surface area contributed by atoms with Gasteiger partial charge in [-0.15, -0.1) is 5.10 Å². The molecule has 116 valence electrons. The molecule has 1 fully saturated rings. The second-order valence-electron chi connectivity index (χ2n) is 4.98. The summed E-state index contributed by atoms with van der Waals surface area (Å²) in [5.41, 5.74) is 0. The summed E-state index contributed by atoms with van der Waals surface area (Å²) >= 11 is 0. The highest BCUT2D eigenvalue weighted by molar-refractivity contribution is 5.89. The molecular weight excluding hydrogens is 278 g/mol. The lowest BCUT2D eigenvalue weighted by atomic mass is 9.87. The van der Waals surface area contributed by atoms with Crippen molar-refractivity contribution in [3.63, 3.8) is 0 Å². The third-order valence-corrected chi connectivity index (χ3v) is 3.43. The number of ether oxygens (including phenoxy) is 2. The number of carbonyl (C=O) groups is 2. The Kier molecular flexibility index (Phi) is 5.26. The Labute approximate surface area is 122 Å². The molecule has 0 unspecified atom stereocenters. The maximum atomic E-state index is 11.6. The number of anilines is 1. The van der Waals surface area contributed by atoms with Gasteiger partial charge in [-0.2, -0.15) is 0 Å². The molecule has 1 saturated carbocycles. The number of amides is 1. The SMILES string of the molecule is COC(=O)C1CCC(OCC(=O)Nc2nnc(C)o2)CC1. The summed E-state index contributed by atoms with van der Waals surface area (Å²) in [7, 11) is 1.40. The third kappa shape index (κ3) is 4.52. The smallest absolute Gasteiger partial charge is 0.322 e. The van der Waals surface area contributed by atoms with E-state index in [1.54, 1.807) is 6.92 Å². The van der Waals surface area contributed by atoms with Crippen molar-refractivity contribution in [2.75, 3.05) is 19.0 Å². The summed E-state index contributed by atoms with van der Waals surface area (Å²) in [6, 6.07) is 0.0653. The average Bonchev–Trinajstić information content (AvgIpc) is 2.90. The van der Waals surface area contributed by atoms with Crippen LogP contribution in [0, 0.1) is 12.8 Å². The normalized spacial score (nSPS) is 21.8. The van der Waals surface area contributed by atoms with Gasteiger partial charge in [-0.25, -0.2) is 0 Å². The Morgan fingerprint density at radius 1 is 1.29 bits per heavy atom. The first kappa shape index (κ1) is 15.4. The standard InChI is InChI=1S/C13H19N3O5/c1-8-15-16-13(21-8)14-11(17)7-20-10-5-3-9(4-6-10)12(18)19-2/h9-10H,3-7H2,1-2H3,(H,14,16,17). The fraction of sp³-hybridized carbons (Fsp3) is 0.692. The lowest BCUT2D eigenvalue weighted by Gasteiger charge is -2.26. The topological polar surface area (TPSA) is 104 Å². The number of hydrogen-bond acceptors (Lipinski definition) is 7. The van der Waals surface area contributed by atoms with Gasteiger partial charge >= 0.3 is 12.0 Å². The van der Waals surface area contributed by atoms with Crippen molar-refractivity contribution in [2.24, 2.45) is 5.92 Å². The highest BCUT2D eigenvalue weighted by Crippen LogP contribution is 2.27. The Balaban J connectivity index is 1.67. The molecule has 0 radical (unpaired) electrons. The maximum Gasteiger partial charge on any atom is 0.322 e. The number of aromatic nitrogens is 2. The van der Waals surface area contributed by atoms with E-state index in [-0.39, 0.29) is 36.5 Å². The van der Waals surface area contributed by atoms with Crippen LogP contribution in [0.1, 0.15) is 31.6 Å². The number of aryl methyl sites for hydroxylation is 1. The zero-order chi connectivity index (χ0) is 15.2. The molecule has 1 amide bonds. The van der Waals surface area contributed by atoms with Crippen LogP contribution in [0.5, 0.6) is 0 Å². The molecule has 1 aromatic rings. The molecule has 8 nitrogen and oxygen atoms in total. The van der Waals surface area contributed by atoms with E-state index in [1.165, 1.54) is 7.11 Å². The largest absolute Gasteiger partial charge is 0.469 e. The fourth-order valence-electron chi connectivity index (χ4n) is 2.33. The molecule has 1 N–H and O–H groups in total. The van der Waals surface area contributed by atoms with Gasteiger partial charge in [0.25, 0.3) is 5.91 Å². The van der Waals surface area contributed by atoms with Crippen LogP contribution in [-0.2, 0) is 19.1 Å². The number of rotatable bonds is 5. The van der Waals surface area contributed by atoms with Gasteiger partial charge in [-0.3, -0.25) is 14.9 Å². The van der Waals surface area contributed by atoms with Gasteiger partial charge in [-0.05, 0) is 25.7 Å².